The number of hydrogen-bond acceptors (Lipinski definition) is 3. The minimum Gasteiger partial charge on any atom is -0.338 e. The Hall–Kier alpha value is -2.92. The molecule has 3 aromatic carbocycles. The largest absolute Gasteiger partial charge is 0.338 e. The molecule has 1 aliphatic heterocycles. The van der Waals surface area contributed by atoms with E-state index in [1.54, 1.807) is 17.7 Å². The lowest BCUT2D eigenvalue weighted by Gasteiger charge is -2.45. The standard InChI is InChI=1S/C35H39NO3S/c37-34(22-25-11-15-31(16-12-25)40(38,39)32-17-18-32)36-21-19-27-23-30(14-13-28(27)24-36)35(29-8-2-3-9-29)20-5-7-26-6-1-4-10-33(26)35/h1,4,6,10-16,23,29,32H,2-3,5,7-9,17-22,24H2. The van der Waals surface area contributed by atoms with Gasteiger partial charge in [0, 0.05) is 18.5 Å². The van der Waals surface area contributed by atoms with Gasteiger partial charge in [0.25, 0.3) is 0 Å². The summed E-state index contributed by atoms with van der Waals surface area (Å²) >= 11 is 0. The van der Waals surface area contributed by atoms with Crippen molar-refractivity contribution in [1.29, 1.82) is 0 Å². The Morgan fingerprint density at radius 2 is 1.60 bits per heavy atom. The highest BCUT2D eigenvalue weighted by Gasteiger charge is 2.45. The van der Waals surface area contributed by atoms with E-state index in [0.717, 1.165) is 31.4 Å². The molecule has 0 saturated heterocycles. The molecule has 2 fully saturated rings. The van der Waals surface area contributed by atoms with Gasteiger partial charge < -0.3 is 4.90 Å². The summed E-state index contributed by atoms with van der Waals surface area (Å²) in [6.07, 6.45) is 11.7. The lowest BCUT2D eigenvalue weighted by Crippen LogP contribution is -2.40. The second-order valence-electron chi connectivity index (χ2n) is 12.6. The molecule has 2 saturated carbocycles. The van der Waals surface area contributed by atoms with E-state index in [9.17, 15) is 13.2 Å². The summed E-state index contributed by atoms with van der Waals surface area (Å²) in [6, 6.07) is 23.3. The fourth-order valence-corrected chi connectivity index (χ4v) is 9.60. The number of nitrogens with zero attached hydrogens (tertiary/aromatic N) is 1. The molecule has 0 N–H and O–H groups in total. The number of carbonyl (C=O) groups excluding carboxylic acids is 1. The number of aryl methyl sites for hydroxylation is 1. The molecule has 208 valence electrons. The van der Waals surface area contributed by atoms with Gasteiger partial charge in [0.05, 0.1) is 16.6 Å². The van der Waals surface area contributed by atoms with E-state index in [0.29, 0.717) is 23.8 Å². The van der Waals surface area contributed by atoms with Gasteiger partial charge in [-0.3, -0.25) is 4.79 Å². The molecule has 3 aromatic rings. The van der Waals surface area contributed by atoms with Crippen LogP contribution in [0.25, 0.3) is 0 Å². The van der Waals surface area contributed by atoms with E-state index in [2.05, 4.69) is 42.5 Å². The summed E-state index contributed by atoms with van der Waals surface area (Å²) < 4.78 is 25.0. The minimum absolute atomic E-state index is 0.108. The summed E-state index contributed by atoms with van der Waals surface area (Å²) in [5.41, 5.74) is 8.25. The normalized spacial score (nSPS) is 23.1. The Kier molecular flexibility index (Phi) is 6.61. The SMILES string of the molecule is O=C(Cc1ccc(S(=O)(=O)C2CC2)cc1)N1CCc2cc(C3(C4CCCC4)CCCc4ccccc43)ccc2C1. The highest BCUT2D eigenvalue weighted by Crippen LogP contribution is 2.53. The molecular weight excluding hydrogens is 514 g/mol. The smallest absolute Gasteiger partial charge is 0.227 e. The maximum absolute atomic E-state index is 13.3. The molecule has 4 nitrogen and oxygen atoms in total. The average Bonchev–Trinajstić information content (AvgIpc) is 3.72. The van der Waals surface area contributed by atoms with Crippen LogP contribution >= 0.6 is 0 Å². The number of carbonyl (C=O) groups is 1. The second kappa shape index (κ2) is 10.2. The highest BCUT2D eigenvalue weighted by molar-refractivity contribution is 7.92. The van der Waals surface area contributed by atoms with Gasteiger partial charge in [0.1, 0.15) is 0 Å². The zero-order chi connectivity index (χ0) is 27.3. The minimum atomic E-state index is -3.20. The first-order valence-corrected chi connectivity index (χ1v) is 16.8. The van der Waals surface area contributed by atoms with Crippen LogP contribution in [0.15, 0.2) is 71.6 Å². The van der Waals surface area contributed by atoms with Crippen molar-refractivity contribution in [3.8, 4) is 0 Å². The monoisotopic (exact) mass is 553 g/mol. The first-order chi connectivity index (χ1) is 19.4. The third-order valence-corrected chi connectivity index (χ3v) is 12.5. The summed E-state index contributed by atoms with van der Waals surface area (Å²) in [4.78, 5) is 15.6. The quantitative estimate of drug-likeness (QED) is 0.347. The first kappa shape index (κ1) is 26.0. The predicted molar refractivity (Wildman–Crippen MR) is 158 cm³/mol. The van der Waals surface area contributed by atoms with Crippen LogP contribution in [0.2, 0.25) is 0 Å². The van der Waals surface area contributed by atoms with Gasteiger partial charge in [-0.25, -0.2) is 8.42 Å². The fourth-order valence-electron chi connectivity index (χ4n) is 7.94. The molecule has 7 rings (SSSR count). The van der Waals surface area contributed by atoms with Gasteiger partial charge in [-0.1, -0.05) is 67.4 Å². The summed E-state index contributed by atoms with van der Waals surface area (Å²) in [5.74, 6) is 0.815. The molecule has 1 heterocycles. The van der Waals surface area contributed by atoms with Gasteiger partial charge in [-0.2, -0.15) is 0 Å². The van der Waals surface area contributed by atoms with E-state index >= 15 is 0 Å². The molecule has 0 bridgehead atoms. The Bertz CT molecular complexity index is 1530. The third kappa shape index (κ3) is 4.51. The molecule has 0 radical (unpaired) electrons. The predicted octanol–water partition coefficient (Wildman–Crippen LogP) is 6.56. The number of hydrogen-bond donors (Lipinski definition) is 0. The van der Waals surface area contributed by atoms with Crippen molar-refractivity contribution in [2.24, 2.45) is 5.92 Å². The third-order valence-electron chi connectivity index (χ3n) is 10.2. The second-order valence-corrected chi connectivity index (χ2v) is 14.8. The number of fused-ring (bicyclic) bond motifs is 2. The van der Waals surface area contributed by atoms with E-state index in [4.69, 9.17) is 0 Å². The molecule has 5 heteroatoms. The Morgan fingerprint density at radius 1 is 0.825 bits per heavy atom. The van der Waals surface area contributed by atoms with Gasteiger partial charge in [-0.15, -0.1) is 0 Å². The number of rotatable bonds is 6. The van der Waals surface area contributed by atoms with E-state index in [-0.39, 0.29) is 16.6 Å². The van der Waals surface area contributed by atoms with Crippen molar-refractivity contribution in [1.82, 2.24) is 4.90 Å². The van der Waals surface area contributed by atoms with Crippen molar-refractivity contribution in [2.45, 2.75) is 92.7 Å². The van der Waals surface area contributed by atoms with Crippen LogP contribution in [-0.4, -0.2) is 31.0 Å². The zero-order valence-corrected chi connectivity index (χ0v) is 24.1. The molecule has 0 spiro atoms. The first-order valence-electron chi connectivity index (χ1n) is 15.3. The molecule has 0 aromatic heterocycles. The molecule has 1 unspecified atom stereocenters. The van der Waals surface area contributed by atoms with Crippen molar-refractivity contribution in [2.75, 3.05) is 6.54 Å². The molecule has 1 amide bonds. The van der Waals surface area contributed by atoms with E-state index < -0.39 is 9.84 Å². The van der Waals surface area contributed by atoms with Crippen LogP contribution in [0.1, 0.15) is 84.7 Å². The molecule has 1 atom stereocenters. The topological polar surface area (TPSA) is 54.5 Å². The molecular formula is C35H39NO3S. The zero-order valence-electron chi connectivity index (χ0n) is 23.3. The number of sulfone groups is 1. The van der Waals surface area contributed by atoms with Gasteiger partial charge in [0.15, 0.2) is 9.84 Å². The fraction of sp³-hybridized carbons (Fsp3) is 0.457. The summed E-state index contributed by atoms with van der Waals surface area (Å²) in [7, 11) is -3.20. The van der Waals surface area contributed by atoms with Crippen LogP contribution in [0.4, 0.5) is 0 Å². The molecule has 4 aliphatic rings. The van der Waals surface area contributed by atoms with E-state index in [1.165, 1.54) is 67.2 Å². The van der Waals surface area contributed by atoms with Crippen molar-refractivity contribution < 1.29 is 13.2 Å². The van der Waals surface area contributed by atoms with Crippen LogP contribution < -0.4 is 0 Å². The van der Waals surface area contributed by atoms with Crippen LogP contribution in [0.5, 0.6) is 0 Å². The number of amides is 1. The maximum atomic E-state index is 13.3. The highest BCUT2D eigenvalue weighted by atomic mass is 32.2. The van der Waals surface area contributed by atoms with Crippen LogP contribution in [-0.2, 0) is 45.9 Å². The molecule has 40 heavy (non-hydrogen) atoms. The van der Waals surface area contributed by atoms with Gasteiger partial charge in [-0.05, 0) is 103 Å². The Morgan fingerprint density at radius 3 is 2.38 bits per heavy atom. The molecule has 3 aliphatic carbocycles. The number of benzene rings is 3. The maximum Gasteiger partial charge on any atom is 0.227 e. The summed E-state index contributed by atoms with van der Waals surface area (Å²) in [5, 5.41) is -0.213. The van der Waals surface area contributed by atoms with Gasteiger partial charge in [0.2, 0.25) is 5.91 Å². The summed E-state index contributed by atoms with van der Waals surface area (Å²) in [6.45, 7) is 1.38. The lowest BCUT2D eigenvalue weighted by atomic mass is 9.58. The lowest BCUT2D eigenvalue weighted by molar-refractivity contribution is -0.131. The van der Waals surface area contributed by atoms with Gasteiger partial charge >= 0.3 is 0 Å². The van der Waals surface area contributed by atoms with Crippen LogP contribution in [0, 0.1) is 5.92 Å². The average molecular weight is 554 g/mol. The van der Waals surface area contributed by atoms with E-state index in [1.807, 2.05) is 17.0 Å². The Labute approximate surface area is 238 Å². The van der Waals surface area contributed by atoms with Crippen molar-refractivity contribution >= 4 is 15.7 Å². The van der Waals surface area contributed by atoms with Crippen molar-refractivity contribution in [3.63, 3.8) is 0 Å². The van der Waals surface area contributed by atoms with Crippen molar-refractivity contribution in [3.05, 3.63) is 100 Å². The van der Waals surface area contributed by atoms with Crippen LogP contribution in [0.3, 0.4) is 0 Å². The Balaban J connectivity index is 1.10.